The highest BCUT2D eigenvalue weighted by atomic mass is 79.9. The van der Waals surface area contributed by atoms with Gasteiger partial charge in [-0.1, -0.05) is 0 Å². The maximum atomic E-state index is 11.6. The van der Waals surface area contributed by atoms with Crippen LogP contribution in [0.25, 0.3) is 0 Å². The van der Waals surface area contributed by atoms with Crippen molar-refractivity contribution in [3.63, 3.8) is 0 Å². The summed E-state index contributed by atoms with van der Waals surface area (Å²) in [5, 5.41) is 4.11. The van der Waals surface area contributed by atoms with E-state index in [1.807, 2.05) is 7.05 Å². The van der Waals surface area contributed by atoms with Gasteiger partial charge in [0, 0.05) is 19.8 Å². The average molecular weight is 273 g/mol. The first-order valence-corrected chi connectivity index (χ1v) is 5.60. The van der Waals surface area contributed by atoms with E-state index in [2.05, 4.69) is 21.0 Å². The second-order valence-corrected chi connectivity index (χ2v) is 4.68. The maximum Gasteiger partial charge on any atom is 0.227 e. The van der Waals surface area contributed by atoms with Gasteiger partial charge in [-0.3, -0.25) is 9.48 Å². The van der Waals surface area contributed by atoms with E-state index in [-0.39, 0.29) is 11.8 Å². The Labute approximate surface area is 96.4 Å². The molecule has 5 nitrogen and oxygen atoms in total. The highest BCUT2D eigenvalue weighted by molar-refractivity contribution is 9.10. The lowest BCUT2D eigenvalue weighted by Gasteiger charge is -2.09. The maximum absolute atomic E-state index is 11.6. The number of nitrogens with two attached hydrogens (primary N) is 1. The Morgan fingerprint density at radius 1 is 1.73 bits per heavy atom. The smallest absolute Gasteiger partial charge is 0.227 e. The lowest BCUT2D eigenvalue weighted by molar-refractivity contribution is -0.130. The molecule has 1 unspecified atom stereocenters. The third-order valence-corrected chi connectivity index (χ3v) is 3.30. The van der Waals surface area contributed by atoms with Crippen molar-refractivity contribution >= 4 is 27.7 Å². The molecule has 1 aliphatic heterocycles. The molecule has 1 aromatic rings. The second kappa shape index (κ2) is 3.84. The summed E-state index contributed by atoms with van der Waals surface area (Å²) in [7, 11) is 1.83. The topological polar surface area (TPSA) is 64.2 Å². The van der Waals surface area contributed by atoms with Gasteiger partial charge in [0.05, 0.1) is 16.9 Å². The first kappa shape index (κ1) is 10.5. The molecule has 82 valence electrons. The van der Waals surface area contributed by atoms with E-state index in [9.17, 15) is 4.79 Å². The van der Waals surface area contributed by atoms with Crippen LogP contribution in [0.15, 0.2) is 10.7 Å². The van der Waals surface area contributed by atoms with Crippen molar-refractivity contribution in [3.8, 4) is 0 Å². The third kappa shape index (κ3) is 1.99. The molecule has 1 amide bonds. The van der Waals surface area contributed by atoms with Gasteiger partial charge < -0.3 is 10.6 Å². The first-order valence-electron chi connectivity index (χ1n) is 4.81. The number of halogens is 1. The Balaban J connectivity index is 2.06. The summed E-state index contributed by atoms with van der Waals surface area (Å²) in [5.74, 6) is 0.704. The Morgan fingerprint density at radius 2 is 2.47 bits per heavy atom. The molecule has 1 fully saturated rings. The Bertz CT molecular complexity index is 370. The van der Waals surface area contributed by atoms with Crippen LogP contribution >= 0.6 is 15.9 Å². The fourth-order valence-electron chi connectivity index (χ4n) is 1.80. The van der Waals surface area contributed by atoms with E-state index in [0.29, 0.717) is 12.4 Å². The van der Waals surface area contributed by atoms with Crippen LogP contribution in [0.3, 0.4) is 0 Å². The van der Waals surface area contributed by atoms with Crippen molar-refractivity contribution in [2.45, 2.75) is 13.0 Å². The number of amides is 1. The van der Waals surface area contributed by atoms with Gasteiger partial charge in [0.25, 0.3) is 0 Å². The van der Waals surface area contributed by atoms with Crippen LogP contribution in [0, 0.1) is 5.92 Å². The zero-order valence-corrected chi connectivity index (χ0v) is 10.1. The quantitative estimate of drug-likeness (QED) is 0.863. The average Bonchev–Trinajstić information content (AvgIpc) is 2.65. The van der Waals surface area contributed by atoms with Gasteiger partial charge in [-0.25, -0.2) is 0 Å². The molecule has 1 aliphatic rings. The van der Waals surface area contributed by atoms with E-state index in [0.717, 1.165) is 17.4 Å². The number of carbonyl (C=O) groups excluding carboxylic acids is 1. The van der Waals surface area contributed by atoms with Crippen molar-refractivity contribution in [1.29, 1.82) is 0 Å². The van der Waals surface area contributed by atoms with E-state index >= 15 is 0 Å². The van der Waals surface area contributed by atoms with Gasteiger partial charge >= 0.3 is 0 Å². The molecule has 2 heterocycles. The molecule has 6 heteroatoms. The second-order valence-electron chi connectivity index (χ2n) is 3.83. The predicted molar refractivity (Wildman–Crippen MR) is 60.1 cm³/mol. The largest absolute Gasteiger partial charge is 0.381 e. The number of anilines is 1. The number of nitrogen functional groups attached to an aromatic ring is 1. The van der Waals surface area contributed by atoms with Crippen LogP contribution in [-0.2, 0) is 11.3 Å². The number of hydrogen-bond acceptors (Lipinski definition) is 3. The first-order chi connectivity index (χ1) is 7.08. The zero-order valence-electron chi connectivity index (χ0n) is 8.48. The van der Waals surface area contributed by atoms with Gasteiger partial charge in [-0.2, -0.15) is 5.10 Å². The molecule has 0 aromatic carbocycles. The van der Waals surface area contributed by atoms with E-state index in [1.165, 1.54) is 0 Å². The van der Waals surface area contributed by atoms with Gasteiger partial charge in [0.15, 0.2) is 5.82 Å². The molecule has 0 aliphatic carbocycles. The molecule has 2 N–H and O–H groups in total. The SMILES string of the molecule is CN1CCC(Cn2cc(Br)c(N)n2)C1=O. The number of carbonyl (C=O) groups is 1. The van der Waals surface area contributed by atoms with Gasteiger partial charge in [-0.05, 0) is 22.4 Å². The standard InChI is InChI=1S/C9H13BrN4O/c1-13-3-2-6(9(13)15)4-14-5-7(10)8(11)12-14/h5-6H,2-4H2,1H3,(H2,11,12). The minimum atomic E-state index is 0.0428. The molecular formula is C9H13BrN4O. The molecular weight excluding hydrogens is 260 g/mol. The van der Waals surface area contributed by atoms with Crippen molar-refractivity contribution in [2.24, 2.45) is 5.92 Å². The molecule has 15 heavy (non-hydrogen) atoms. The molecule has 1 aromatic heterocycles. The minimum absolute atomic E-state index is 0.0428. The highest BCUT2D eigenvalue weighted by Crippen LogP contribution is 2.21. The van der Waals surface area contributed by atoms with Crippen molar-refractivity contribution < 1.29 is 4.79 Å². The lowest BCUT2D eigenvalue weighted by atomic mass is 10.1. The van der Waals surface area contributed by atoms with Crippen LogP contribution < -0.4 is 5.73 Å². The highest BCUT2D eigenvalue weighted by Gasteiger charge is 2.29. The van der Waals surface area contributed by atoms with E-state index < -0.39 is 0 Å². The normalized spacial score (nSPS) is 21.3. The van der Waals surface area contributed by atoms with Crippen LogP contribution in [0.2, 0.25) is 0 Å². The summed E-state index contributed by atoms with van der Waals surface area (Å²) in [5.41, 5.74) is 5.60. The fraction of sp³-hybridized carbons (Fsp3) is 0.556. The summed E-state index contributed by atoms with van der Waals surface area (Å²) in [6, 6.07) is 0. The van der Waals surface area contributed by atoms with E-state index in [1.54, 1.807) is 15.8 Å². The van der Waals surface area contributed by atoms with Crippen LogP contribution in [0.4, 0.5) is 5.82 Å². The molecule has 0 spiro atoms. The molecule has 1 saturated heterocycles. The van der Waals surface area contributed by atoms with Gasteiger partial charge in [0.2, 0.25) is 5.91 Å². The number of hydrogen-bond donors (Lipinski definition) is 1. The van der Waals surface area contributed by atoms with Crippen molar-refractivity contribution in [2.75, 3.05) is 19.3 Å². The van der Waals surface area contributed by atoms with Gasteiger partial charge in [0.1, 0.15) is 0 Å². The van der Waals surface area contributed by atoms with Crippen LogP contribution in [0.1, 0.15) is 6.42 Å². The number of rotatable bonds is 2. The summed E-state index contributed by atoms with van der Waals surface area (Å²) in [6.45, 7) is 1.44. The molecule has 2 rings (SSSR count). The Morgan fingerprint density at radius 3 is 2.93 bits per heavy atom. The number of likely N-dealkylation sites (tertiary alicyclic amines) is 1. The summed E-state index contributed by atoms with van der Waals surface area (Å²) >= 11 is 3.29. The Kier molecular flexibility index (Phi) is 2.68. The van der Waals surface area contributed by atoms with E-state index in [4.69, 9.17) is 5.73 Å². The number of nitrogens with zero attached hydrogens (tertiary/aromatic N) is 3. The summed E-state index contributed by atoms with van der Waals surface area (Å²) in [6.07, 6.45) is 2.70. The summed E-state index contributed by atoms with van der Waals surface area (Å²) in [4.78, 5) is 13.4. The Hall–Kier alpha value is -1.04. The van der Waals surface area contributed by atoms with Crippen molar-refractivity contribution in [3.05, 3.63) is 10.7 Å². The zero-order chi connectivity index (χ0) is 11.0. The van der Waals surface area contributed by atoms with Gasteiger partial charge in [-0.15, -0.1) is 0 Å². The third-order valence-electron chi connectivity index (χ3n) is 2.69. The summed E-state index contributed by atoms with van der Waals surface area (Å²) < 4.78 is 2.50. The van der Waals surface area contributed by atoms with Crippen LogP contribution in [-0.4, -0.2) is 34.2 Å². The molecule has 0 radical (unpaired) electrons. The lowest BCUT2D eigenvalue weighted by Crippen LogP contribution is -2.25. The van der Waals surface area contributed by atoms with Crippen LogP contribution in [0.5, 0.6) is 0 Å². The predicted octanol–water partition coefficient (Wildman–Crippen LogP) is 0.706. The molecule has 1 atom stereocenters. The monoisotopic (exact) mass is 272 g/mol. The number of aromatic nitrogens is 2. The fourth-order valence-corrected chi connectivity index (χ4v) is 2.11. The minimum Gasteiger partial charge on any atom is -0.381 e. The molecule has 0 saturated carbocycles. The van der Waals surface area contributed by atoms with Crippen molar-refractivity contribution in [1.82, 2.24) is 14.7 Å². The molecule has 0 bridgehead atoms.